The summed E-state index contributed by atoms with van der Waals surface area (Å²) in [6.45, 7) is 2.72. The van der Waals surface area contributed by atoms with Crippen LogP contribution in [0.4, 0.5) is 10.5 Å². The summed E-state index contributed by atoms with van der Waals surface area (Å²) in [7, 11) is 0. The number of hydrogen-bond donors (Lipinski definition) is 2. The Labute approximate surface area is 210 Å². The van der Waals surface area contributed by atoms with Gasteiger partial charge in [-0.1, -0.05) is 48.5 Å². The van der Waals surface area contributed by atoms with E-state index in [9.17, 15) is 19.5 Å². The van der Waals surface area contributed by atoms with Gasteiger partial charge >= 0.3 is 6.09 Å². The first-order valence-corrected chi connectivity index (χ1v) is 12.5. The van der Waals surface area contributed by atoms with Gasteiger partial charge in [0.2, 0.25) is 11.8 Å². The summed E-state index contributed by atoms with van der Waals surface area (Å²) in [4.78, 5) is 49.8. The Morgan fingerprint density at radius 1 is 0.944 bits per heavy atom. The summed E-state index contributed by atoms with van der Waals surface area (Å²) in [5.41, 5.74) is 4.28. The number of hydrogen-bond acceptors (Lipinski definition) is 5. The van der Waals surface area contributed by atoms with E-state index < -0.39 is 24.0 Å². The van der Waals surface area contributed by atoms with E-state index in [0.717, 1.165) is 24.1 Å². The van der Waals surface area contributed by atoms with Crippen molar-refractivity contribution in [3.63, 3.8) is 0 Å². The topological polar surface area (TPSA) is 102 Å². The van der Waals surface area contributed by atoms with Crippen LogP contribution < -0.4 is 10.4 Å². The molecule has 2 saturated heterocycles. The van der Waals surface area contributed by atoms with Crippen LogP contribution in [0, 0.1) is 11.3 Å². The van der Waals surface area contributed by atoms with Crippen LogP contribution in [0.15, 0.2) is 60.7 Å². The van der Waals surface area contributed by atoms with E-state index in [1.165, 1.54) is 4.90 Å². The van der Waals surface area contributed by atoms with Gasteiger partial charge in [0.05, 0.1) is 12.5 Å². The van der Waals surface area contributed by atoms with Crippen LogP contribution in [0.5, 0.6) is 0 Å². The molecule has 36 heavy (non-hydrogen) atoms. The van der Waals surface area contributed by atoms with Gasteiger partial charge in [0.25, 0.3) is 0 Å². The van der Waals surface area contributed by atoms with Gasteiger partial charge in [-0.05, 0) is 42.4 Å². The quantitative estimate of drug-likeness (QED) is 0.602. The van der Waals surface area contributed by atoms with Crippen LogP contribution >= 0.6 is 0 Å². The molecule has 9 nitrogen and oxygen atoms in total. The molecule has 3 aliphatic rings. The fourth-order valence-corrected chi connectivity index (χ4v) is 5.44. The third kappa shape index (κ3) is 5.16. The second-order valence-electron chi connectivity index (χ2n) is 10.1. The van der Waals surface area contributed by atoms with Crippen molar-refractivity contribution < 1.29 is 24.3 Å². The first kappa shape index (κ1) is 24.1. The predicted octanol–water partition coefficient (Wildman–Crippen LogP) is 2.73. The molecule has 0 radical (unpaired) electrons. The summed E-state index contributed by atoms with van der Waals surface area (Å²) in [6.07, 6.45) is 1.05. The van der Waals surface area contributed by atoms with E-state index >= 15 is 0 Å². The number of anilines is 1. The van der Waals surface area contributed by atoms with Crippen molar-refractivity contribution in [2.45, 2.75) is 31.9 Å². The molecule has 5 rings (SSSR count). The second kappa shape index (κ2) is 10.2. The van der Waals surface area contributed by atoms with Crippen molar-refractivity contribution in [1.82, 2.24) is 15.3 Å². The van der Waals surface area contributed by atoms with Gasteiger partial charge in [-0.25, -0.2) is 10.3 Å². The summed E-state index contributed by atoms with van der Waals surface area (Å²) in [5.74, 6) is -1.54. The Kier molecular flexibility index (Phi) is 6.82. The zero-order chi connectivity index (χ0) is 25.1. The fourth-order valence-electron chi connectivity index (χ4n) is 5.44. The third-order valence-electron chi connectivity index (χ3n) is 7.64. The van der Waals surface area contributed by atoms with Crippen LogP contribution in [-0.2, 0) is 21.0 Å². The summed E-state index contributed by atoms with van der Waals surface area (Å²) < 4.78 is 0. The highest BCUT2D eigenvalue weighted by molar-refractivity contribution is 5.92. The molecule has 2 atom stereocenters. The number of nitrogens with zero attached hydrogens (tertiary/aromatic N) is 3. The number of nitrogens with one attached hydrogen (secondary N) is 1. The molecule has 1 saturated carbocycles. The Morgan fingerprint density at radius 2 is 1.58 bits per heavy atom. The Morgan fingerprint density at radius 3 is 2.19 bits per heavy atom. The fraction of sp³-hybridized carbons (Fsp3) is 0.444. The SMILES string of the molecule is O=C(NOCc1ccccc1)[C@H]1CC2(CC2)CN(C(=O)O)[C@@H]1C(=O)N1CCN(c2ccccc2)CC1. The van der Waals surface area contributed by atoms with Crippen molar-refractivity contribution >= 4 is 23.6 Å². The average molecular weight is 493 g/mol. The Balaban J connectivity index is 1.28. The molecular weight excluding hydrogens is 460 g/mol. The summed E-state index contributed by atoms with van der Waals surface area (Å²) in [6, 6.07) is 18.4. The van der Waals surface area contributed by atoms with Crippen LogP contribution in [-0.4, -0.2) is 71.6 Å². The number of carboxylic acid groups (broad SMARTS) is 1. The zero-order valence-electron chi connectivity index (χ0n) is 20.2. The van der Waals surface area contributed by atoms with E-state index in [-0.39, 0.29) is 24.5 Å². The van der Waals surface area contributed by atoms with Crippen LogP contribution in [0.25, 0.3) is 0 Å². The first-order chi connectivity index (χ1) is 17.5. The smallest absolute Gasteiger partial charge is 0.408 e. The molecule has 1 spiro atoms. The molecule has 2 N–H and O–H groups in total. The van der Waals surface area contributed by atoms with Crippen LogP contribution in [0.3, 0.4) is 0 Å². The molecular formula is C27H32N4O5. The Bertz CT molecular complexity index is 1080. The number of piperazine rings is 1. The number of amides is 3. The maximum atomic E-state index is 13.7. The van der Waals surface area contributed by atoms with Gasteiger partial charge in [0, 0.05) is 38.4 Å². The molecule has 3 fully saturated rings. The van der Waals surface area contributed by atoms with Gasteiger partial charge < -0.3 is 14.9 Å². The standard InChI is InChI=1S/C27H32N4O5/c32-24(28-36-18-20-7-3-1-4-8-20)22-17-27(11-12-27)19-31(26(34)35)23(22)25(33)30-15-13-29(14-16-30)21-9-5-2-6-10-21/h1-10,22-23H,11-19H2,(H,28,32)(H,34,35)/t22-,23-/m0/s1. The van der Waals surface area contributed by atoms with Gasteiger partial charge in [0.1, 0.15) is 6.04 Å². The molecule has 9 heteroatoms. The minimum absolute atomic E-state index is 0.188. The predicted molar refractivity (Wildman–Crippen MR) is 133 cm³/mol. The maximum Gasteiger partial charge on any atom is 0.408 e. The van der Waals surface area contributed by atoms with Crippen molar-refractivity contribution in [3.8, 4) is 0 Å². The minimum atomic E-state index is -1.16. The monoisotopic (exact) mass is 492 g/mol. The van der Waals surface area contributed by atoms with Crippen LogP contribution in [0.2, 0.25) is 0 Å². The van der Waals surface area contributed by atoms with Gasteiger partial charge in [0.15, 0.2) is 0 Å². The van der Waals surface area contributed by atoms with E-state index in [2.05, 4.69) is 10.4 Å². The molecule has 0 unspecified atom stereocenters. The number of hydroxylamine groups is 1. The van der Waals surface area contributed by atoms with E-state index in [0.29, 0.717) is 32.6 Å². The van der Waals surface area contributed by atoms with Crippen molar-refractivity contribution in [3.05, 3.63) is 66.2 Å². The zero-order valence-corrected chi connectivity index (χ0v) is 20.2. The minimum Gasteiger partial charge on any atom is -0.465 e. The van der Waals surface area contributed by atoms with Crippen molar-refractivity contribution in [2.75, 3.05) is 37.6 Å². The second-order valence-corrected chi connectivity index (χ2v) is 10.1. The van der Waals surface area contributed by atoms with Gasteiger partial charge in [-0.3, -0.25) is 19.3 Å². The van der Waals surface area contributed by atoms with Gasteiger partial charge in [-0.2, -0.15) is 0 Å². The maximum absolute atomic E-state index is 13.7. The highest BCUT2D eigenvalue weighted by Crippen LogP contribution is 2.55. The largest absolute Gasteiger partial charge is 0.465 e. The highest BCUT2D eigenvalue weighted by atomic mass is 16.6. The number of carbonyl (C=O) groups excluding carboxylic acids is 2. The lowest BCUT2D eigenvalue weighted by Gasteiger charge is -2.45. The molecule has 0 bridgehead atoms. The molecule has 2 aromatic rings. The van der Waals surface area contributed by atoms with Crippen molar-refractivity contribution in [2.24, 2.45) is 11.3 Å². The Hall–Kier alpha value is -3.59. The molecule has 190 valence electrons. The number of benzene rings is 2. The molecule has 0 aromatic heterocycles. The lowest BCUT2D eigenvalue weighted by Crippen LogP contribution is -2.63. The third-order valence-corrected chi connectivity index (χ3v) is 7.64. The molecule has 2 aromatic carbocycles. The first-order valence-electron chi connectivity index (χ1n) is 12.5. The lowest BCUT2D eigenvalue weighted by molar-refractivity contribution is -0.153. The normalized spacial score (nSPS) is 22.8. The number of piperidine rings is 1. The highest BCUT2D eigenvalue weighted by Gasteiger charge is 2.57. The molecule has 1 aliphatic carbocycles. The lowest BCUT2D eigenvalue weighted by atomic mass is 9.80. The molecule has 2 heterocycles. The van der Waals surface area contributed by atoms with Crippen LogP contribution in [0.1, 0.15) is 24.8 Å². The molecule has 2 aliphatic heterocycles. The number of carbonyl (C=O) groups is 3. The number of para-hydroxylation sites is 1. The van der Waals surface area contributed by atoms with E-state index in [1.54, 1.807) is 4.90 Å². The average Bonchev–Trinajstić information content (AvgIpc) is 3.67. The summed E-state index contributed by atoms with van der Waals surface area (Å²) in [5, 5.41) is 10.0. The van der Waals surface area contributed by atoms with E-state index in [1.807, 2.05) is 60.7 Å². The number of rotatable bonds is 6. The molecule has 3 amide bonds. The number of likely N-dealkylation sites (tertiary alicyclic amines) is 1. The van der Waals surface area contributed by atoms with Crippen molar-refractivity contribution in [1.29, 1.82) is 0 Å². The van der Waals surface area contributed by atoms with Gasteiger partial charge in [-0.15, -0.1) is 0 Å². The summed E-state index contributed by atoms with van der Waals surface area (Å²) >= 11 is 0. The van der Waals surface area contributed by atoms with E-state index in [4.69, 9.17) is 4.84 Å².